The third-order valence-electron chi connectivity index (χ3n) is 5.15. The molecule has 1 saturated carbocycles. The Morgan fingerprint density at radius 2 is 2.00 bits per heavy atom. The van der Waals surface area contributed by atoms with Gasteiger partial charge in [-0.25, -0.2) is 0 Å². The Bertz CT molecular complexity index is 690. The van der Waals surface area contributed by atoms with Gasteiger partial charge in [0.15, 0.2) is 5.69 Å². The molecule has 2 heterocycles. The van der Waals surface area contributed by atoms with Gasteiger partial charge in [-0.05, 0) is 36.7 Å². The topological polar surface area (TPSA) is 46.3 Å². The summed E-state index contributed by atoms with van der Waals surface area (Å²) in [6.07, 6.45) is 3.31. The minimum atomic E-state index is 0.0130. The number of amides is 1. The highest BCUT2D eigenvalue weighted by molar-refractivity contribution is 5.92. The Morgan fingerprint density at radius 1 is 1.22 bits per heavy atom. The smallest absolute Gasteiger partial charge is 0.276 e. The Labute approximate surface area is 136 Å². The van der Waals surface area contributed by atoms with E-state index in [0.29, 0.717) is 23.4 Å². The second kappa shape index (κ2) is 5.84. The Balaban J connectivity index is 1.44. The fourth-order valence-electron chi connectivity index (χ4n) is 3.64. The molecule has 0 unspecified atom stereocenters. The van der Waals surface area contributed by atoms with Crippen molar-refractivity contribution < 1.29 is 9.32 Å². The van der Waals surface area contributed by atoms with Gasteiger partial charge in [0, 0.05) is 25.1 Å². The van der Waals surface area contributed by atoms with Crippen molar-refractivity contribution in [1.82, 2.24) is 10.1 Å². The first-order valence-corrected chi connectivity index (χ1v) is 8.53. The normalized spacial score (nSPS) is 24.7. The van der Waals surface area contributed by atoms with Crippen LogP contribution in [0.25, 0.3) is 0 Å². The van der Waals surface area contributed by atoms with Crippen LogP contribution in [0.5, 0.6) is 0 Å². The molecule has 1 aliphatic heterocycles. The van der Waals surface area contributed by atoms with Gasteiger partial charge in [0.25, 0.3) is 5.91 Å². The van der Waals surface area contributed by atoms with Crippen LogP contribution in [0.1, 0.15) is 59.8 Å². The molecule has 4 nitrogen and oxygen atoms in total. The minimum Gasteiger partial charge on any atom is -0.360 e. The van der Waals surface area contributed by atoms with E-state index in [2.05, 4.69) is 42.4 Å². The van der Waals surface area contributed by atoms with Crippen molar-refractivity contribution in [2.24, 2.45) is 5.92 Å². The monoisotopic (exact) mass is 310 g/mol. The van der Waals surface area contributed by atoms with Crippen molar-refractivity contribution in [1.29, 1.82) is 0 Å². The van der Waals surface area contributed by atoms with Gasteiger partial charge in [0.1, 0.15) is 5.76 Å². The lowest BCUT2D eigenvalue weighted by Gasteiger charge is -2.36. The number of nitrogens with zero attached hydrogens (tertiary/aromatic N) is 2. The highest BCUT2D eigenvalue weighted by Crippen LogP contribution is 2.40. The summed E-state index contributed by atoms with van der Waals surface area (Å²) >= 11 is 0. The van der Waals surface area contributed by atoms with Gasteiger partial charge in [-0.2, -0.15) is 0 Å². The predicted octanol–water partition coefficient (Wildman–Crippen LogP) is 3.82. The molecule has 4 heteroatoms. The summed E-state index contributed by atoms with van der Waals surface area (Å²) in [6, 6.07) is 12.5. The number of aromatic nitrogens is 1. The second-order valence-electron chi connectivity index (χ2n) is 6.92. The minimum absolute atomic E-state index is 0.0130. The molecule has 1 saturated heterocycles. The molecule has 120 valence electrons. The van der Waals surface area contributed by atoms with Crippen molar-refractivity contribution in [3.63, 3.8) is 0 Å². The fraction of sp³-hybridized carbons (Fsp3) is 0.474. The van der Waals surface area contributed by atoms with Crippen molar-refractivity contribution in [3.05, 3.63) is 53.4 Å². The molecule has 0 N–H and O–H groups in total. The van der Waals surface area contributed by atoms with E-state index in [9.17, 15) is 4.79 Å². The lowest BCUT2D eigenvalue weighted by atomic mass is 9.81. The summed E-state index contributed by atoms with van der Waals surface area (Å²) in [5.74, 6) is 2.36. The van der Waals surface area contributed by atoms with Crippen molar-refractivity contribution in [2.75, 3.05) is 13.1 Å². The van der Waals surface area contributed by atoms with Crippen LogP contribution < -0.4 is 0 Å². The van der Waals surface area contributed by atoms with Crippen LogP contribution in [0.2, 0.25) is 0 Å². The number of carbonyl (C=O) groups is 1. The van der Waals surface area contributed by atoms with E-state index in [0.717, 1.165) is 38.1 Å². The number of hydrogen-bond acceptors (Lipinski definition) is 3. The molecular weight excluding hydrogens is 288 g/mol. The van der Waals surface area contributed by atoms with E-state index in [1.165, 1.54) is 5.56 Å². The van der Waals surface area contributed by atoms with Crippen molar-refractivity contribution in [2.45, 2.75) is 38.0 Å². The Kier molecular flexibility index (Phi) is 3.68. The third-order valence-corrected chi connectivity index (χ3v) is 5.15. The van der Waals surface area contributed by atoms with Crippen LogP contribution in [0, 0.1) is 5.92 Å². The maximum atomic E-state index is 12.6. The van der Waals surface area contributed by atoms with Crippen LogP contribution >= 0.6 is 0 Å². The molecular formula is C19H22N2O2. The molecule has 0 radical (unpaired) electrons. The van der Waals surface area contributed by atoms with Crippen LogP contribution in [0.3, 0.4) is 0 Å². The molecule has 0 spiro atoms. The van der Waals surface area contributed by atoms with Crippen molar-refractivity contribution >= 4 is 5.91 Å². The Hall–Kier alpha value is -2.10. The highest BCUT2D eigenvalue weighted by atomic mass is 16.5. The van der Waals surface area contributed by atoms with Gasteiger partial charge in [0.2, 0.25) is 0 Å². The molecule has 1 amide bonds. The molecule has 2 aliphatic rings. The number of piperidine rings is 1. The molecule has 1 aliphatic carbocycles. The number of likely N-dealkylation sites (tertiary alicyclic amines) is 1. The van der Waals surface area contributed by atoms with E-state index in [-0.39, 0.29) is 5.91 Å². The first-order valence-electron chi connectivity index (χ1n) is 8.53. The third kappa shape index (κ3) is 2.90. The molecule has 0 bridgehead atoms. The van der Waals surface area contributed by atoms with Gasteiger partial charge in [-0.15, -0.1) is 0 Å². The first kappa shape index (κ1) is 14.5. The van der Waals surface area contributed by atoms with Gasteiger partial charge in [-0.1, -0.05) is 42.4 Å². The zero-order valence-corrected chi connectivity index (χ0v) is 13.4. The lowest BCUT2D eigenvalue weighted by molar-refractivity contribution is 0.0650. The predicted molar refractivity (Wildman–Crippen MR) is 87.3 cm³/mol. The fourth-order valence-corrected chi connectivity index (χ4v) is 3.64. The molecule has 2 aromatic rings. The van der Waals surface area contributed by atoms with E-state index >= 15 is 0 Å². The number of hydrogen-bond donors (Lipinski definition) is 0. The van der Waals surface area contributed by atoms with E-state index in [1.54, 1.807) is 0 Å². The summed E-state index contributed by atoms with van der Waals surface area (Å²) in [6.45, 7) is 3.80. The standard InChI is InChI=1S/C19H22N2O2/c1-13-12-21(10-9-16(13)14-5-3-2-4-6-14)19(22)17-11-18(23-20-17)15-7-8-15/h2-6,11,13,15-16H,7-10,12H2,1H3/t13-,16-/m1/s1. The largest absolute Gasteiger partial charge is 0.360 e. The van der Waals surface area contributed by atoms with Gasteiger partial charge in [-0.3, -0.25) is 4.79 Å². The zero-order valence-electron chi connectivity index (χ0n) is 13.4. The molecule has 4 rings (SSSR count). The Morgan fingerprint density at radius 3 is 2.70 bits per heavy atom. The number of carbonyl (C=O) groups excluding carboxylic acids is 1. The van der Waals surface area contributed by atoms with E-state index in [1.807, 2.05) is 11.0 Å². The van der Waals surface area contributed by atoms with Gasteiger partial charge in [0.05, 0.1) is 0 Å². The van der Waals surface area contributed by atoms with Crippen LogP contribution in [0.15, 0.2) is 40.9 Å². The number of rotatable bonds is 3. The van der Waals surface area contributed by atoms with E-state index < -0.39 is 0 Å². The summed E-state index contributed by atoms with van der Waals surface area (Å²) in [5.41, 5.74) is 1.85. The maximum Gasteiger partial charge on any atom is 0.276 e. The summed E-state index contributed by atoms with van der Waals surface area (Å²) in [4.78, 5) is 14.6. The van der Waals surface area contributed by atoms with Crippen LogP contribution in [0.4, 0.5) is 0 Å². The van der Waals surface area contributed by atoms with Crippen LogP contribution in [-0.4, -0.2) is 29.1 Å². The average Bonchev–Trinajstić information content (AvgIpc) is 3.32. The summed E-state index contributed by atoms with van der Waals surface area (Å²) in [5, 5.41) is 3.99. The molecule has 23 heavy (non-hydrogen) atoms. The highest BCUT2D eigenvalue weighted by Gasteiger charge is 2.33. The molecule has 1 aromatic carbocycles. The van der Waals surface area contributed by atoms with E-state index in [4.69, 9.17) is 4.52 Å². The molecule has 2 fully saturated rings. The quantitative estimate of drug-likeness (QED) is 0.866. The second-order valence-corrected chi connectivity index (χ2v) is 6.92. The van der Waals surface area contributed by atoms with Gasteiger partial charge >= 0.3 is 0 Å². The lowest BCUT2D eigenvalue weighted by Crippen LogP contribution is -2.42. The molecule has 2 atom stereocenters. The SMILES string of the molecule is C[C@@H]1CN(C(=O)c2cc(C3CC3)on2)CC[C@H]1c1ccccc1. The maximum absolute atomic E-state index is 12.6. The van der Waals surface area contributed by atoms with Gasteiger partial charge < -0.3 is 9.42 Å². The molecule has 1 aromatic heterocycles. The number of benzene rings is 1. The summed E-state index contributed by atoms with van der Waals surface area (Å²) < 4.78 is 5.32. The van der Waals surface area contributed by atoms with Crippen LogP contribution in [-0.2, 0) is 0 Å². The average molecular weight is 310 g/mol. The van der Waals surface area contributed by atoms with Crippen molar-refractivity contribution in [3.8, 4) is 0 Å². The summed E-state index contributed by atoms with van der Waals surface area (Å²) in [7, 11) is 0. The first-order chi connectivity index (χ1) is 11.2. The zero-order chi connectivity index (χ0) is 15.8.